The fourth-order valence-electron chi connectivity index (χ4n) is 3.11. The Morgan fingerprint density at radius 2 is 1.79 bits per heavy atom. The number of esters is 1. The summed E-state index contributed by atoms with van der Waals surface area (Å²) in [7, 11) is 3.08. The van der Waals surface area contributed by atoms with E-state index in [1.807, 2.05) is 19.9 Å². The molecular weight excluding hydrogens is 426 g/mol. The molecule has 0 fully saturated rings. The van der Waals surface area contributed by atoms with E-state index in [4.69, 9.17) is 18.7 Å². The Morgan fingerprint density at radius 3 is 2.45 bits per heavy atom. The van der Waals surface area contributed by atoms with Gasteiger partial charge in [0, 0.05) is 11.1 Å². The summed E-state index contributed by atoms with van der Waals surface area (Å²) in [6, 6.07) is 13.1. The molecule has 174 valence electrons. The molecule has 9 nitrogen and oxygen atoms in total. The summed E-state index contributed by atoms with van der Waals surface area (Å²) in [5.74, 6) is 0.509. The second kappa shape index (κ2) is 11.1. The minimum Gasteiger partial charge on any atom is -0.493 e. The molecule has 1 amide bonds. The van der Waals surface area contributed by atoms with Crippen molar-refractivity contribution in [2.45, 2.75) is 32.9 Å². The highest BCUT2D eigenvalue weighted by Crippen LogP contribution is 2.31. The third-order valence-electron chi connectivity index (χ3n) is 5.24. The minimum atomic E-state index is -0.809. The molecule has 0 spiro atoms. The highest BCUT2D eigenvalue weighted by molar-refractivity contribution is 5.96. The van der Waals surface area contributed by atoms with Crippen molar-refractivity contribution in [2.24, 2.45) is 5.92 Å². The lowest BCUT2D eigenvalue weighted by Crippen LogP contribution is -2.45. The van der Waals surface area contributed by atoms with Gasteiger partial charge >= 0.3 is 5.97 Å². The molecule has 2 atom stereocenters. The van der Waals surface area contributed by atoms with E-state index in [2.05, 4.69) is 15.5 Å². The fourth-order valence-corrected chi connectivity index (χ4v) is 3.11. The lowest BCUT2D eigenvalue weighted by Gasteiger charge is -2.22. The number of methoxy groups -OCH3 is 2. The number of benzene rings is 2. The molecule has 1 heterocycles. The predicted molar refractivity (Wildman–Crippen MR) is 120 cm³/mol. The van der Waals surface area contributed by atoms with Crippen LogP contribution in [0.25, 0.3) is 11.4 Å². The van der Waals surface area contributed by atoms with Crippen LogP contribution < -0.4 is 14.8 Å². The highest BCUT2D eigenvalue weighted by Gasteiger charge is 2.28. The van der Waals surface area contributed by atoms with Crippen molar-refractivity contribution in [3.63, 3.8) is 0 Å². The number of aromatic nitrogens is 2. The first kappa shape index (κ1) is 23.8. The van der Waals surface area contributed by atoms with Crippen LogP contribution in [-0.2, 0) is 16.1 Å². The average Bonchev–Trinajstić information content (AvgIpc) is 3.34. The quantitative estimate of drug-likeness (QED) is 0.463. The molecule has 9 heteroatoms. The summed E-state index contributed by atoms with van der Waals surface area (Å²) in [4.78, 5) is 29.6. The number of hydrogen-bond acceptors (Lipinski definition) is 8. The Labute approximate surface area is 192 Å². The van der Waals surface area contributed by atoms with Crippen molar-refractivity contribution in [1.29, 1.82) is 0 Å². The lowest BCUT2D eigenvalue weighted by atomic mass is 9.99. The van der Waals surface area contributed by atoms with Crippen LogP contribution in [-0.4, -0.2) is 42.3 Å². The van der Waals surface area contributed by atoms with E-state index in [1.54, 1.807) is 49.6 Å². The first-order chi connectivity index (χ1) is 16.0. The van der Waals surface area contributed by atoms with Gasteiger partial charge in [-0.3, -0.25) is 4.79 Å². The van der Waals surface area contributed by atoms with Crippen molar-refractivity contribution < 1.29 is 28.3 Å². The number of nitrogens with zero attached hydrogens (tertiary/aromatic N) is 2. The van der Waals surface area contributed by atoms with Gasteiger partial charge in [0.05, 0.1) is 14.2 Å². The van der Waals surface area contributed by atoms with Crippen LogP contribution in [0.15, 0.2) is 53.1 Å². The van der Waals surface area contributed by atoms with Gasteiger partial charge in [0.15, 0.2) is 18.1 Å². The molecule has 0 aliphatic heterocycles. The number of nitrogens with one attached hydrogen (secondary N) is 1. The lowest BCUT2D eigenvalue weighted by molar-refractivity contribution is -0.149. The van der Waals surface area contributed by atoms with Crippen LogP contribution in [0.5, 0.6) is 11.5 Å². The highest BCUT2D eigenvalue weighted by atomic mass is 16.6. The molecule has 0 bridgehead atoms. The molecule has 33 heavy (non-hydrogen) atoms. The Bertz CT molecular complexity index is 1080. The molecule has 3 rings (SSSR count). The number of amides is 1. The first-order valence-corrected chi connectivity index (χ1v) is 10.5. The largest absolute Gasteiger partial charge is 0.493 e. The summed E-state index contributed by atoms with van der Waals surface area (Å²) in [6.07, 6.45) is 0.679. The monoisotopic (exact) mass is 453 g/mol. The third-order valence-corrected chi connectivity index (χ3v) is 5.24. The topological polar surface area (TPSA) is 113 Å². The number of carbonyl (C=O) groups excluding carboxylic acids is 2. The molecule has 3 aromatic rings. The molecule has 0 aliphatic rings. The number of carbonyl (C=O) groups is 2. The zero-order valence-electron chi connectivity index (χ0n) is 19.0. The normalized spacial score (nSPS) is 12.5. The van der Waals surface area contributed by atoms with E-state index in [9.17, 15) is 9.59 Å². The van der Waals surface area contributed by atoms with Crippen molar-refractivity contribution in [3.05, 3.63) is 60.0 Å². The molecule has 1 aromatic heterocycles. The van der Waals surface area contributed by atoms with E-state index in [0.717, 1.165) is 0 Å². The van der Waals surface area contributed by atoms with Crippen LogP contribution in [0.4, 0.5) is 0 Å². The molecule has 0 aliphatic carbocycles. The molecule has 2 aromatic carbocycles. The standard InChI is InChI=1S/C24H27N3O6/c1-5-15(2)21(26-23(28)16-9-7-6-8-10-16)24(29)32-14-20-25-22(27-33-20)17-11-12-18(30-3)19(13-17)31-4/h6-13,15,21H,5,14H2,1-4H3,(H,26,28)/t15-,21+/m0/s1. The van der Waals surface area contributed by atoms with Gasteiger partial charge in [0.2, 0.25) is 5.82 Å². The smallest absolute Gasteiger partial charge is 0.329 e. The van der Waals surface area contributed by atoms with E-state index in [0.29, 0.717) is 34.9 Å². The van der Waals surface area contributed by atoms with Crippen LogP contribution in [0.2, 0.25) is 0 Å². The molecule has 0 unspecified atom stereocenters. The first-order valence-electron chi connectivity index (χ1n) is 10.5. The summed E-state index contributed by atoms with van der Waals surface area (Å²) in [5, 5.41) is 6.70. The van der Waals surface area contributed by atoms with Crippen LogP contribution in [0.3, 0.4) is 0 Å². The zero-order chi connectivity index (χ0) is 23.8. The maximum Gasteiger partial charge on any atom is 0.329 e. The summed E-state index contributed by atoms with van der Waals surface area (Å²) in [5.41, 5.74) is 1.12. The average molecular weight is 453 g/mol. The van der Waals surface area contributed by atoms with Crippen LogP contribution in [0.1, 0.15) is 36.5 Å². The van der Waals surface area contributed by atoms with Gasteiger partial charge in [-0.1, -0.05) is 43.6 Å². The van der Waals surface area contributed by atoms with Gasteiger partial charge in [-0.25, -0.2) is 4.79 Å². The van der Waals surface area contributed by atoms with Gasteiger partial charge in [-0.15, -0.1) is 0 Å². The number of rotatable bonds is 10. The van der Waals surface area contributed by atoms with Crippen molar-refractivity contribution >= 4 is 11.9 Å². The fraction of sp³-hybridized carbons (Fsp3) is 0.333. The number of hydrogen-bond donors (Lipinski definition) is 1. The zero-order valence-corrected chi connectivity index (χ0v) is 19.0. The summed E-state index contributed by atoms with van der Waals surface area (Å²) < 4.78 is 21.1. The third kappa shape index (κ3) is 5.88. The van der Waals surface area contributed by atoms with Gasteiger partial charge < -0.3 is 24.1 Å². The Balaban J connectivity index is 1.66. The summed E-state index contributed by atoms with van der Waals surface area (Å²) >= 11 is 0. The molecule has 0 saturated heterocycles. The Hall–Kier alpha value is -3.88. The van der Waals surface area contributed by atoms with Gasteiger partial charge in [-0.05, 0) is 36.2 Å². The van der Waals surface area contributed by atoms with Crippen LogP contribution in [0, 0.1) is 5.92 Å². The van der Waals surface area contributed by atoms with Gasteiger partial charge in [-0.2, -0.15) is 4.98 Å². The van der Waals surface area contributed by atoms with Crippen molar-refractivity contribution in [1.82, 2.24) is 15.5 Å². The van der Waals surface area contributed by atoms with Gasteiger partial charge in [0.25, 0.3) is 11.8 Å². The SMILES string of the molecule is CC[C@H](C)[C@@H](NC(=O)c1ccccc1)C(=O)OCc1nc(-c2ccc(OC)c(OC)c2)no1. The van der Waals surface area contributed by atoms with E-state index < -0.39 is 12.0 Å². The van der Waals surface area contributed by atoms with Crippen LogP contribution >= 0.6 is 0 Å². The minimum absolute atomic E-state index is 0.129. The second-order valence-corrected chi connectivity index (χ2v) is 7.39. The molecule has 1 N–H and O–H groups in total. The van der Waals surface area contributed by atoms with E-state index in [1.165, 1.54) is 7.11 Å². The number of ether oxygens (including phenoxy) is 3. The molecule has 0 radical (unpaired) electrons. The van der Waals surface area contributed by atoms with Gasteiger partial charge in [0.1, 0.15) is 6.04 Å². The Kier molecular flexibility index (Phi) is 8.01. The van der Waals surface area contributed by atoms with E-state index >= 15 is 0 Å². The maximum atomic E-state index is 12.8. The Morgan fingerprint density at radius 1 is 1.06 bits per heavy atom. The van der Waals surface area contributed by atoms with Crippen molar-refractivity contribution in [3.8, 4) is 22.9 Å². The maximum absolute atomic E-state index is 12.8. The second-order valence-electron chi connectivity index (χ2n) is 7.39. The molecular formula is C24H27N3O6. The summed E-state index contributed by atoms with van der Waals surface area (Å²) in [6.45, 7) is 3.60. The molecule has 0 saturated carbocycles. The predicted octanol–water partition coefficient (Wildman–Crippen LogP) is 3.64. The van der Waals surface area contributed by atoms with Crippen molar-refractivity contribution in [2.75, 3.05) is 14.2 Å². The van der Waals surface area contributed by atoms with E-state index in [-0.39, 0.29) is 24.3 Å².